The van der Waals surface area contributed by atoms with Crippen molar-refractivity contribution < 1.29 is 9.53 Å². The Bertz CT molecular complexity index is 1030. The molecule has 0 bridgehead atoms. The van der Waals surface area contributed by atoms with Gasteiger partial charge < -0.3 is 15.0 Å². The quantitative estimate of drug-likeness (QED) is 0.727. The zero-order chi connectivity index (χ0) is 19.1. The van der Waals surface area contributed by atoms with Crippen LogP contribution in [0.1, 0.15) is 23.3 Å². The summed E-state index contributed by atoms with van der Waals surface area (Å²) in [6.45, 7) is 1.20. The second-order valence-corrected chi connectivity index (χ2v) is 8.18. The van der Waals surface area contributed by atoms with E-state index < -0.39 is 0 Å². The summed E-state index contributed by atoms with van der Waals surface area (Å²) in [5, 5.41) is 4.66. The van der Waals surface area contributed by atoms with Crippen LogP contribution in [0.4, 0.5) is 10.6 Å². The van der Waals surface area contributed by atoms with Crippen LogP contribution in [0.15, 0.2) is 18.6 Å². The highest BCUT2D eigenvalue weighted by molar-refractivity contribution is 7.19. The molecular formula is C19H20N6O2S. The maximum atomic E-state index is 11.6. The molecule has 28 heavy (non-hydrogen) atoms. The van der Waals surface area contributed by atoms with Crippen molar-refractivity contribution in [2.24, 2.45) is 0 Å². The maximum absolute atomic E-state index is 11.6. The Hall–Kier alpha value is -2.81. The van der Waals surface area contributed by atoms with E-state index in [0.29, 0.717) is 24.6 Å². The van der Waals surface area contributed by atoms with E-state index in [1.807, 2.05) is 0 Å². The smallest absolute Gasteiger partial charge is 0.409 e. The first-order valence-electron chi connectivity index (χ1n) is 9.41. The fourth-order valence-corrected chi connectivity index (χ4v) is 5.09. The number of hydrogen-bond donors (Lipinski definition) is 1. The van der Waals surface area contributed by atoms with E-state index >= 15 is 0 Å². The predicted octanol–water partition coefficient (Wildman–Crippen LogP) is 2.89. The lowest BCUT2D eigenvalue weighted by molar-refractivity contribution is 0.0930. The van der Waals surface area contributed by atoms with Crippen molar-refractivity contribution in [2.45, 2.75) is 31.7 Å². The lowest BCUT2D eigenvalue weighted by Gasteiger charge is -2.38. The molecule has 3 aromatic heterocycles. The molecule has 144 valence electrons. The van der Waals surface area contributed by atoms with Crippen molar-refractivity contribution in [1.29, 1.82) is 0 Å². The number of hydrogen-bond acceptors (Lipinski definition) is 8. The van der Waals surface area contributed by atoms with Crippen LogP contribution in [0, 0.1) is 0 Å². The van der Waals surface area contributed by atoms with Crippen molar-refractivity contribution in [3.8, 4) is 11.5 Å². The largest absolute Gasteiger partial charge is 0.453 e. The molecule has 0 saturated carbocycles. The lowest BCUT2D eigenvalue weighted by Crippen LogP contribution is -2.57. The minimum Gasteiger partial charge on any atom is -0.453 e. The molecule has 1 N–H and O–H groups in total. The predicted molar refractivity (Wildman–Crippen MR) is 106 cm³/mol. The van der Waals surface area contributed by atoms with E-state index in [-0.39, 0.29) is 12.1 Å². The third-order valence-corrected chi connectivity index (χ3v) is 6.45. The monoisotopic (exact) mass is 396 g/mol. The first kappa shape index (κ1) is 17.3. The number of rotatable bonds is 3. The Morgan fingerprint density at radius 1 is 1.25 bits per heavy atom. The standard InChI is InChI=1S/C19H20N6O2S/c1-27-19(26)25-9-11(10-25)22-17-15-12-4-2-3-5-14(12)28-18(15)24-16(23-17)13-8-20-6-7-21-13/h6-8,11H,2-5,9-10H2,1H3,(H,22,23,24). The van der Waals surface area contributed by atoms with E-state index in [2.05, 4.69) is 15.3 Å². The highest BCUT2D eigenvalue weighted by atomic mass is 32.1. The first-order valence-corrected chi connectivity index (χ1v) is 10.2. The Labute approximate surface area is 166 Å². The molecule has 0 atom stereocenters. The number of carbonyl (C=O) groups is 1. The van der Waals surface area contributed by atoms with Crippen LogP contribution >= 0.6 is 11.3 Å². The third kappa shape index (κ3) is 2.95. The van der Waals surface area contributed by atoms with E-state index in [1.165, 1.54) is 30.4 Å². The van der Waals surface area contributed by atoms with Gasteiger partial charge in [-0.05, 0) is 31.2 Å². The second-order valence-electron chi connectivity index (χ2n) is 7.09. The van der Waals surface area contributed by atoms with Gasteiger partial charge in [-0.25, -0.2) is 19.7 Å². The molecule has 1 aliphatic carbocycles. The van der Waals surface area contributed by atoms with Gasteiger partial charge in [0.15, 0.2) is 5.82 Å². The number of fused-ring (bicyclic) bond motifs is 3. The molecule has 1 saturated heterocycles. The molecule has 0 aromatic carbocycles. The summed E-state index contributed by atoms with van der Waals surface area (Å²) in [5.41, 5.74) is 2.03. The van der Waals surface area contributed by atoms with Gasteiger partial charge >= 0.3 is 6.09 Å². The van der Waals surface area contributed by atoms with Crippen molar-refractivity contribution in [1.82, 2.24) is 24.8 Å². The number of amides is 1. The molecule has 1 aliphatic heterocycles. The molecule has 3 aromatic rings. The summed E-state index contributed by atoms with van der Waals surface area (Å²) >= 11 is 1.76. The van der Waals surface area contributed by atoms with E-state index in [9.17, 15) is 4.79 Å². The number of methoxy groups -OCH3 is 1. The molecule has 9 heteroatoms. The van der Waals surface area contributed by atoms with Crippen molar-refractivity contribution in [2.75, 3.05) is 25.5 Å². The number of anilines is 1. The molecule has 5 rings (SSSR count). The Kier molecular flexibility index (Phi) is 4.31. The number of aromatic nitrogens is 4. The minimum atomic E-state index is -0.293. The van der Waals surface area contributed by atoms with Crippen LogP contribution in [-0.2, 0) is 17.6 Å². The number of nitrogens with zero attached hydrogens (tertiary/aromatic N) is 5. The number of aryl methyl sites for hydroxylation is 2. The fourth-order valence-electron chi connectivity index (χ4n) is 3.83. The van der Waals surface area contributed by atoms with Crippen LogP contribution in [-0.4, -0.2) is 57.2 Å². The molecular weight excluding hydrogens is 376 g/mol. The van der Waals surface area contributed by atoms with Crippen LogP contribution in [0.5, 0.6) is 0 Å². The maximum Gasteiger partial charge on any atom is 0.409 e. The van der Waals surface area contributed by atoms with Gasteiger partial charge in [0.2, 0.25) is 0 Å². The normalized spacial score (nSPS) is 16.5. The first-order chi connectivity index (χ1) is 13.7. The Balaban J connectivity index is 1.53. The molecule has 1 amide bonds. The second kappa shape index (κ2) is 6.97. The van der Waals surface area contributed by atoms with Crippen LogP contribution in [0.3, 0.4) is 0 Å². The van der Waals surface area contributed by atoms with Gasteiger partial charge in [-0.2, -0.15) is 0 Å². The van der Waals surface area contributed by atoms with Crippen LogP contribution < -0.4 is 5.32 Å². The topological polar surface area (TPSA) is 93.1 Å². The highest BCUT2D eigenvalue weighted by Gasteiger charge is 2.32. The summed E-state index contributed by atoms with van der Waals surface area (Å²) in [7, 11) is 1.40. The van der Waals surface area contributed by atoms with Crippen LogP contribution in [0.25, 0.3) is 21.7 Å². The zero-order valence-electron chi connectivity index (χ0n) is 15.5. The summed E-state index contributed by atoms with van der Waals surface area (Å²) in [6.07, 6.45) is 9.27. The fraction of sp³-hybridized carbons (Fsp3) is 0.421. The number of ether oxygens (including phenoxy) is 1. The summed E-state index contributed by atoms with van der Waals surface area (Å²) in [5.74, 6) is 1.41. The number of likely N-dealkylation sites (tertiary alicyclic amines) is 1. The van der Waals surface area contributed by atoms with Gasteiger partial charge in [-0.15, -0.1) is 11.3 Å². The number of thiophene rings is 1. The van der Waals surface area contributed by atoms with Gasteiger partial charge in [0.05, 0.1) is 24.7 Å². The SMILES string of the molecule is COC(=O)N1CC(Nc2nc(-c3cnccn3)nc3sc4c(c23)CCCC4)C1. The van der Waals surface area contributed by atoms with Crippen molar-refractivity contribution in [3.63, 3.8) is 0 Å². The summed E-state index contributed by atoms with van der Waals surface area (Å²) in [6, 6.07) is 0.144. The molecule has 1 fully saturated rings. The molecule has 4 heterocycles. The van der Waals surface area contributed by atoms with Gasteiger partial charge in [0, 0.05) is 30.4 Å². The zero-order valence-corrected chi connectivity index (χ0v) is 16.3. The molecule has 8 nitrogen and oxygen atoms in total. The third-order valence-electron chi connectivity index (χ3n) is 5.26. The van der Waals surface area contributed by atoms with Crippen molar-refractivity contribution >= 4 is 33.5 Å². The summed E-state index contributed by atoms with van der Waals surface area (Å²) < 4.78 is 4.78. The Morgan fingerprint density at radius 2 is 2.11 bits per heavy atom. The average Bonchev–Trinajstić information content (AvgIpc) is 3.09. The van der Waals surface area contributed by atoms with Gasteiger partial charge in [0.1, 0.15) is 16.3 Å². The Morgan fingerprint density at radius 3 is 2.89 bits per heavy atom. The summed E-state index contributed by atoms with van der Waals surface area (Å²) in [4.78, 5) is 33.8. The van der Waals surface area contributed by atoms with E-state index in [4.69, 9.17) is 14.7 Å². The van der Waals surface area contributed by atoms with Crippen molar-refractivity contribution in [3.05, 3.63) is 29.0 Å². The van der Waals surface area contributed by atoms with Gasteiger partial charge in [0.25, 0.3) is 0 Å². The molecule has 0 unspecified atom stereocenters. The lowest BCUT2D eigenvalue weighted by atomic mass is 9.97. The van der Waals surface area contributed by atoms with E-state index in [0.717, 1.165) is 28.9 Å². The molecule has 0 radical (unpaired) electrons. The molecule has 2 aliphatic rings. The minimum absolute atomic E-state index is 0.144. The van der Waals surface area contributed by atoms with Gasteiger partial charge in [-0.1, -0.05) is 0 Å². The number of carbonyl (C=O) groups excluding carboxylic acids is 1. The number of nitrogens with one attached hydrogen (secondary N) is 1. The highest BCUT2D eigenvalue weighted by Crippen LogP contribution is 2.39. The molecule has 0 spiro atoms. The van der Waals surface area contributed by atoms with Crippen LogP contribution in [0.2, 0.25) is 0 Å². The van der Waals surface area contributed by atoms with Gasteiger partial charge in [-0.3, -0.25) is 4.98 Å². The average molecular weight is 396 g/mol. The van der Waals surface area contributed by atoms with E-state index in [1.54, 1.807) is 34.8 Å².